The maximum Gasteiger partial charge on any atom is 0.223 e. The minimum atomic E-state index is 0.148. The molecule has 0 N–H and O–H groups in total. The lowest BCUT2D eigenvalue weighted by molar-refractivity contribution is -0.127. The van der Waals surface area contributed by atoms with Gasteiger partial charge in [0, 0.05) is 32.0 Å². The van der Waals surface area contributed by atoms with Crippen LogP contribution >= 0.6 is 0 Å². The second kappa shape index (κ2) is 8.05. The highest BCUT2D eigenvalue weighted by Gasteiger charge is 2.33. The normalized spacial score (nSPS) is 16.9. The van der Waals surface area contributed by atoms with Gasteiger partial charge in [0.2, 0.25) is 5.91 Å². The Hall–Kier alpha value is -2.82. The summed E-state index contributed by atoms with van der Waals surface area (Å²) in [6.07, 6.45) is 2.71. The van der Waals surface area contributed by atoms with E-state index in [4.69, 9.17) is 9.72 Å². The molecule has 1 aliphatic rings. The van der Waals surface area contributed by atoms with E-state index in [1.807, 2.05) is 29.2 Å². The molecular weight excluding hydrogens is 350 g/mol. The fourth-order valence-corrected chi connectivity index (χ4v) is 4.00. The van der Waals surface area contributed by atoms with E-state index in [-0.39, 0.29) is 11.8 Å². The van der Waals surface area contributed by atoms with Gasteiger partial charge in [-0.05, 0) is 36.2 Å². The van der Waals surface area contributed by atoms with E-state index in [1.165, 1.54) is 5.56 Å². The molecule has 3 aromatic rings. The summed E-state index contributed by atoms with van der Waals surface area (Å²) in [4.78, 5) is 19.4. The number of nitrogens with zero attached hydrogens (tertiary/aromatic N) is 3. The van der Waals surface area contributed by atoms with Crippen molar-refractivity contribution in [2.24, 2.45) is 0 Å². The third-order valence-corrected chi connectivity index (χ3v) is 5.55. The van der Waals surface area contributed by atoms with Crippen molar-refractivity contribution in [3.63, 3.8) is 0 Å². The van der Waals surface area contributed by atoms with Gasteiger partial charge in [0.25, 0.3) is 0 Å². The molecule has 0 radical (unpaired) electrons. The lowest BCUT2D eigenvalue weighted by atomic mass is 10.1. The number of amides is 1. The van der Waals surface area contributed by atoms with Crippen LogP contribution in [0.3, 0.4) is 0 Å². The van der Waals surface area contributed by atoms with E-state index in [2.05, 4.69) is 35.8 Å². The van der Waals surface area contributed by atoms with Crippen LogP contribution < -0.4 is 4.74 Å². The SMILES string of the molecule is CCCCN1C[C@H](c2nc3ccccc3n2Cc2ccc(OC)cc2)CC1=O. The number of hydrogen-bond acceptors (Lipinski definition) is 3. The van der Waals surface area contributed by atoms with Crippen molar-refractivity contribution < 1.29 is 9.53 Å². The van der Waals surface area contributed by atoms with Gasteiger partial charge < -0.3 is 14.2 Å². The first-order valence-electron chi connectivity index (χ1n) is 10.1. The van der Waals surface area contributed by atoms with Gasteiger partial charge in [0.05, 0.1) is 18.1 Å². The van der Waals surface area contributed by atoms with Crippen molar-refractivity contribution in [3.05, 3.63) is 59.9 Å². The summed E-state index contributed by atoms with van der Waals surface area (Å²) in [5.74, 6) is 2.27. The minimum Gasteiger partial charge on any atom is -0.497 e. The van der Waals surface area contributed by atoms with E-state index >= 15 is 0 Å². The number of rotatable bonds is 7. The quantitative estimate of drug-likeness (QED) is 0.620. The maximum atomic E-state index is 12.5. The lowest BCUT2D eigenvalue weighted by Crippen LogP contribution is -2.26. The molecule has 1 aliphatic heterocycles. The fraction of sp³-hybridized carbons (Fsp3) is 0.391. The molecule has 2 heterocycles. The van der Waals surface area contributed by atoms with Gasteiger partial charge in [-0.25, -0.2) is 4.98 Å². The van der Waals surface area contributed by atoms with Crippen LogP contribution in [0.1, 0.15) is 43.5 Å². The Kier molecular flexibility index (Phi) is 5.33. The second-order valence-electron chi connectivity index (χ2n) is 7.49. The molecular formula is C23H27N3O2. The van der Waals surface area contributed by atoms with Crippen molar-refractivity contribution in [1.82, 2.24) is 14.5 Å². The number of methoxy groups -OCH3 is 1. The fourth-order valence-electron chi connectivity index (χ4n) is 4.00. The van der Waals surface area contributed by atoms with E-state index < -0.39 is 0 Å². The molecule has 1 amide bonds. The van der Waals surface area contributed by atoms with Gasteiger partial charge in [-0.1, -0.05) is 37.6 Å². The van der Waals surface area contributed by atoms with Crippen LogP contribution in [0.4, 0.5) is 0 Å². The third kappa shape index (κ3) is 3.61. The number of ether oxygens (including phenoxy) is 1. The number of aromatic nitrogens is 2. The van der Waals surface area contributed by atoms with Crippen LogP contribution in [0.25, 0.3) is 11.0 Å². The molecule has 2 aromatic carbocycles. The smallest absolute Gasteiger partial charge is 0.223 e. The van der Waals surface area contributed by atoms with Crippen LogP contribution in [0, 0.1) is 0 Å². The van der Waals surface area contributed by atoms with Crippen molar-refractivity contribution in [2.75, 3.05) is 20.2 Å². The lowest BCUT2D eigenvalue weighted by Gasteiger charge is -2.17. The Morgan fingerprint density at radius 3 is 2.68 bits per heavy atom. The highest BCUT2D eigenvalue weighted by atomic mass is 16.5. The molecule has 0 bridgehead atoms. The molecule has 0 spiro atoms. The van der Waals surface area contributed by atoms with Crippen molar-refractivity contribution >= 4 is 16.9 Å². The first-order chi connectivity index (χ1) is 13.7. The number of carbonyl (C=O) groups is 1. The van der Waals surface area contributed by atoms with Gasteiger partial charge >= 0.3 is 0 Å². The van der Waals surface area contributed by atoms with Crippen LogP contribution in [-0.2, 0) is 11.3 Å². The molecule has 0 saturated carbocycles. The van der Waals surface area contributed by atoms with E-state index in [9.17, 15) is 4.79 Å². The Morgan fingerprint density at radius 2 is 1.93 bits per heavy atom. The number of fused-ring (bicyclic) bond motifs is 1. The van der Waals surface area contributed by atoms with Gasteiger partial charge in [-0.3, -0.25) is 4.79 Å². The molecule has 1 atom stereocenters. The predicted molar refractivity (Wildman–Crippen MR) is 111 cm³/mol. The summed E-state index contributed by atoms with van der Waals surface area (Å²) < 4.78 is 7.55. The number of benzene rings is 2. The van der Waals surface area contributed by atoms with Crippen LogP contribution in [0.5, 0.6) is 5.75 Å². The number of likely N-dealkylation sites (tertiary alicyclic amines) is 1. The van der Waals surface area contributed by atoms with Crippen LogP contribution in [0.15, 0.2) is 48.5 Å². The van der Waals surface area contributed by atoms with Gasteiger partial charge in [-0.2, -0.15) is 0 Å². The second-order valence-corrected chi connectivity index (χ2v) is 7.49. The van der Waals surface area contributed by atoms with Crippen molar-refractivity contribution in [3.8, 4) is 5.75 Å². The highest BCUT2D eigenvalue weighted by molar-refractivity contribution is 5.81. The van der Waals surface area contributed by atoms with Crippen LogP contribution in [-0.4, -0.2) is 40.6 Å². The maximum absolute atomic E-state index is 12.5. The first-order valence-corrected chi connectivity index (χ1v) is 10.1. The molecule has 5 nitrogen and oxygen atoms in total. The summed E-state index contributed by atoms with van der Waals surface area (Å²) in [6, 6.07) is 16.4. The topological polar surface area (TPSA) is 47.4 Å². The Balaban J connectivity index is 1.66. The molecule has 4 rings (SSSR count). The number of carbonyl (C=O) groups excluding carboxylic acids is 1. The van der Waals surface area contributed by atoms with E-state index in [1.54, 1.807) is 7.11 Å². The number of hydrogen-bond donors (Lipinski definition) is 0. The molecule has 5 heteroatoms. The average Bonchev–Trinajstić information content (AvgIpc) is 3.27. The molecule has 1 fully saturated rings. The first kappa shape index (κ1) is 18.5. The highest BCUT2D eigenvalue weighted by Crippen LogP contribution is 2.31. The zero-order chi connectivity index (χ0) is 19.5. The van der Waals surface area contributed by atoms with Crippen molar-refractivity contribution in [2.45, 2.75) is 38.6 Å². The molecule has 0 aliphatic carbocycles. The zero-order valence-corrected chi connectivity index (χ0v) is 16.6. The number of para-hydroxylation sites is 2. The molecule has 0 unspecified atom stereocenters. The molecule has 1 aromatic heterocycles. The summed E-state index contributed by atoms with van der Waals surface area (Å²) >= 11 is 0. The van der Waals surface area contributed by atoms with Gasteiger partial charge in [-0.15, -0.1) is 0 Å². The van der Waals surface area contributed by atoms with E-state index in [0.29, 0.717) is 6.42 Å². The molecule has 1 saturated heterocycles. The van der Waals surface area contributed by atoms with E-state index in [0.717, 1.165) is 55.1 Å². The summed E-state index contributed by atoms with van der Waals surface area (Å²) in [5.41, 5.74) is 3.30. The summed E-state index contributed by atoms with van der Waals surface area (Å²) in [5, 5.41) is 0. The molecule has 28 heavy (non-hydrogen) atoms. The van der Waals surface area contributed by atoms with Gasteiger partial charge in [0.15, 0.2) is 0 Å². The number of imidazole rings is 1. The minimum absolute atomic E-state index is 0.148. The monoisotopic (exact) mass is 377 g/mol. The zero-order valence-electron chi connectivity index (χ0n) is 16.6. The summed E-state index contributed by atoms with van der Waals surface area (Å²) in [7, 11) is 1.68. The Labute approximate surface area is 165 Å². The molecule has 146 valence electrons. The third-order valence-electron chi connectivity index (χ3n) is 5.55. The largest absolute Gasteiger partial charge is 0.497 e. The van der Waals surface area contributed by atoms with Gasteiger partial charge in [0.1, 0.15) is 11.6 Å². The average molecular weight is 377 g/mol. The standard InChI is InChI=1S/C23H27N3O2/c1-3-4-13-25-16-18(14-22(25)27)23-24-20-7-5-6-8-21(20)26(23)15-17-9-11-19(28-2)12-10-17/h5-12,18H,3-4,13-16H2,1-2H3/t18-/m1/s1. The van der Waals surface area contributed by atoms with Crippen LogP contribution in [0.2, 0.25) is 0 Å². The Morgan fingerprint density at radius 1 is 1.14 bits per heavy atom. The summed E-state index contributed by atoms with van der Waals surface area (Å²) in [6.45, 7) is 4.51. The predicted octanol–water partition coefficient (Wildman–Crippen LogP) is 4.21. The Bertz CT molecular complexity index is 962. The number of unbranched alkanes of at least 4 members (excludes halogenated alkanes) is 1. The van der Waals surface area contributed by atoms with Crippen molar-refractivity contribution in [1.29, 1.82) is 0 Å².